The van der Waals surface area contributed by atoms with Crippen molar-refractivity contribution in [2.45, 2.75) is 19.5 Å². The predicted molar refractivity (Wildman–Crippen MR) is 69.3 cm³/mol. The molecule has 0 radical (unpaired) electrons. The molecule has 0 saturated heterocycles. The van der Waals surface area contributed by atoms with Gasteiger partial charge in [-0.2, -0.15) is 8.78 Å². The first-order valence-corrected chi connectivity index (χ1v) is 5.98. The summed E-state index contributed by atoms with van der Waals surface area (Å²) in [5, 5.41) is 1.93. The van der Waals surface area contributed by atoms with Gasteiger partial charge in [0, 0.05) is 4.88 Å². The summed E-state index contributed by atoms with van der Waals surface area (Å²) in [6.07, 6.45) is 0. The highest BCUT2D eigenvalue weighted by Gasteiger charge is 2.28. The number of ether oxygens (including phenoxy) is 1. The molecule has 20 heavy (non-hydrogen) atoms. The molecule has 4 nitrogen and oxygen atoms in total. The Morgan fingerprint density at radius 1 is 1.55 bits per heavy atom. The average molecular weight is 337 g/mol. The average Bonchev–Trinajstić information content (AvgIpc) is 2.66. The molecule has 10 heteroatoms. The zero-order valence-corrected chi connectivity index (χ0v) is 11.9. The van der Waals surface area contributed by atoms with E-state index < -0.39 is 31.5 Å². The molecule has 0 aliphatic heterocycles. The summed E-state index contributed by atoms with van der Waals surface area (Å²) in [6.45, 7) is -3.40. The first kappa shape index (κ1) is 18.9. The number of rotatable bonds is 6. The molecule has 0 fully saturated rings. The fourth-order valence-electron chi connectivity index (χ4n) is 1.19. The standard InChI is InChI=1S/C10H12F4N2O2S.ClH/c1-5-2-6(18-9(11)12)7(19-5)8(17)16-4-10(13,14)3-15;/h2,9H,3-4,15H2,1H3,(H,16,17);1H. The second kappa shape index (κ2) is 7.65. The number of nitrogens with one attached hydrogen (secondary N) is 1. The Labute approximate surface area is 122 Å². The third kappa shape index (κ3) is 5.51. The zero-order valence-electron chi connectivity index (χ0n) is 10.3. The minimum absolute atomic E-state index is 0. The number of carbonyl (C=O) groups excluding carboxylic acids is 1. The minimum atomic E-state index is -3.24. The number of hydrogen-bond acceptors (Lipinski definition) is 4. The SMILES string of the molecule is Cc1cc(OC(F)F)c(C(=O)NCC(F)(F)CN)s1.Cl. The van der Waals surface area contributed by atoms with Crippen molar-refractivity contribution in [3.8, 4) is 5.75 Å². The predicted octanol–water partition coefficient (Wildman–Crippen LogP) is 2.40. The molecule has 0 aliphatic carbocycles. The smallest absolute Gasteiger partial charge is 0.387 e. The molecule has 3 N–H and O–H groups in total. The lowest BCUT2D eigenvalue weighted by Crippen LogP contribution is -2.41. The summed E-state index contributed by atoms with van der Waals surface area (Å²) in [4.78, 5) is 12.0. The Bertz CT molecular complexity index is 456. The molecular formula is C10H13ClF4N2O2S. The topological polar surface area (TPSA) is 64.3 Å². The van der Waals surface area contributed by atoms with E-state index in [2.05, 4.69) is 4.74 Å². The van der Waals surface area contributed by atoms with Crippen LogP contribution in [-0.4, -0.2) is 31.5 Å². The Morgan fingerprint density at radius 2 is 2.15 bits per heavy atom. The monoisotopic (exact) mass is 336 g/mol. The van der Waals surface area contributed by atoms with Crippen LogP contribution in [0.4, 0.5) is 17.6 Å². The zero-order chi connectivity index (χ0) is 14.6. The van der Waals surface area contributed by atoms with Crippen molar-refractivity contribution in [3.63, 3.8) is 0 Å². The maximum atomic E-state index is 12.9. The largest absolute Gasteiger partial charge is 0.433 e. The van der Waals surface area contributed by atoms with E-state index in [4.69, 9.17) is 5.73 Å². The van der Waals surface area contributed by atoms with E-state index >= 15 is 0 Å². The highest BCUT2D eigenvalue weighted by Crippen LogP contribution is 2.30. The van der Waals surface area contributed by atoms with E-state index in [0.717, 1.165) is 11.3 Å². The molecule has 1 aromatic rings. The summed E-state index contributed by atoms with van der Waals surface area (Å²) in [5.41, 5.74) is 4.81. The number of nitrogens with two attached hydrogens (primary N) is 1. The van der Waals surface area contributed by atoms with E-state index in [0.29, 0.717) is 4.88 Å². The summed E-state index contributed by atoms with van der Waals surface area (Å²) in [6, 6.07) is 1.24. The lowest BCUT2D eigenvalue weighted by atomic mass is 10.3. The molecule has 0 bridgehead atoms. The second-order valence-corrected chi connectivity index (χ2v) is 4.93. The maximum Gasteiger partial charge on any atom is 0.387 e. The van der Waals surface area contributed by atoms with Crippen molar-refractivity contribution in [2.75, 3.05) is 13.1 Å². The van der Waals surface area contributed by atoms with Crippen molar-refractivity contribution in [2.24, 2.45) is 5.73 Å². The van der Waals surface area contributed by atoms with Crippen LogP contribution in [-0.2, 0) is 0 Å². The van der Waals surface area contributed by atoms with Crippen LogP contribution in [0.2, 0.25) is 0 Å². The minimum Gasteiger partial charge on any atom is -0.433 e. The lowest BCUT2D eigenvalue weighted by molar-refractivity contribution is -0.0499. The van der Waals surface area contributed by atoms with Crippen LogP contribution in [0, 0.1) is 6.92 Å². The van der Waals surface area contributed by atoms with Crippen molar-refractivity contribution >= 4 is 29.7 Å². The van der Waals surface area contributed by atoms with Gasteiger partial charge in [0.05, 0.1) is 13.1 Å². The first-order chi connectivity index (χ1) is 8.75. The van der Waals surface area contributed by atoms with Crippen LogP contribution < -0.4 is 15.8 Å². The Hall–Kier alpha value is -1.06. The number of alkyl halides is 4. The molecular weight excluding hydrogens is 324 g/mol. The van der Waals surface area contributed by atoms with Crippen molar-refractivity contribution < 1.29 is 27.1 Å². The third-order valence-electron chi connectivity index (χ3n) is 2.05. The van der Waals surface area contributed by atoms with Gasteiger partial charge in [0.15, 0.2) is 0 Å². The summed E-state index contributed by atoms with van der Waals surface area (Å²) in [7, 11) is 0. The van der Waals surface area contributed by atoms with Crippen LogP contribution in [0.5, 0.6) is 5.75 Å². The van der Waals surface area contributed by atoms with Gasteiger partial charge in [0.1, 0.15) is 10.6 Å². The number of amides is 1. The second-order valence-electron chi connectivity index (χ2n) is 3.67. The maximum absolute atomic E-state index is 12.9. The first-order valence-electron chi connectivity index (χ1n) is 5.16. The van der Waals surface area contributed by atoms with E-state index in [1.165, 1.54) is 6.07 Å². The normalized spacial score (nSPS) is 11.2. The summed E-state index contributed by atoms with van der Waals surface area (Å²) < 4.78 is 54.1. The molecule has 0 saturated carbocycles. The molecule has 0 unspecified atom stereocenters. The fourth-order valence-corrected chi connectivity index (χ4v) is 2.06. The van der Waals surface area contributed by atoms with Gasteiger partial charge >= 0.3 is 6.61 Å². The number of halogens is 5. The number of hydrogen-bond donors (Lipinski definition) is 2. The highest BCUT2D eigenvalue weighted by molar-refractivity contribution is 7.14. The molecule has 0 aliphatic rings. The van der Waals surface area contributed by atoms with Crippen LogP contribution in [0.15, 0.2) is 6.07 Å². The summed E-state index contributed by atoms with van der Waals surface area (Å²) >= 11 is 0.876. The lowest BCUT2D eigenvalue weighted by Gasteiger charge is -2.14. The third-order valence-corrected chi connectivity index (χ3v) is 3.08. The molecule has 0 aromatic carbocycles. The Morgan fingerprint density at radius 3 is 2.65 bits per heavy atom. The van der Waals surface area contributed by atoms with E-state index in [1.807, 2.05) is 5.32 Å². The van der Waals surface area contributed by atoms with Gasteiger partial charge in [0.2, 0.25) is 0 Å². The molecule has 1 heterocycles. The van der Waals surface area contributed by atoms with E-state index in [9.17, 15) is 22.4 Å². The van der Waals surface area contributed by atoms with Gasteiger partial charge in [-0.25, -0.2) is 8.78 Å². The van der Waals surface area contributed by atoms with Crippen molar-refractivity contribution in [3.05, 3.63) is 15.8 Å². The highest BCUT2D eigenvalue weighted by atomic mass is 35.5. The van der Waals surface area contributed by atoms with Crippen LogP contribution in [0.1, 0.15) is 14.5 Å². The molecule has 116 valence electrons. The summed E-state index contributed by atoms with van der Waals surface area (Å²) in [5.74, 6) is -4.47. The van der Waals surface area contributed by atoms with E-state index in [1.54, 1.807) is 6.92 Å². The number of carbonyl (C=O) groups is 1. The van der Waals surface area contributed by atoms with Gasteiger partial charge in [-0.15, -0.1) is 23.7 Å². The fraction of sp³-hybridized carbons (Fsp3) is 0.500. The van der Waals surface area contributed by atoms with Crippen molar-refractivity contribution in [1.82, 2.24) is 5.32 Å². The molecule has 0 atom stereocenters. The molecule has 1 amide bonds. The van der Waals surface area contributed by atoms with Crippen molar-refractivity contribution in [1.29, 1.82) is 0 Å². The van der Waals surface area contributed by atoms with Gasteiger partial charge < -0.3 is 15.8 Å². The van der Waals surface area contributed by atoms with Gasteiger partial charge in [-0.1, -0.05) is 0 Å². The van der Waals surface area contributed by atoms with Gasteiger partial charge in [-0.3, -0.25) is 4.79 Å². The Kier molecular flexibility index (Phi) is 7.25. The number of thiophene rings is 1. The van der Waals surface area contributed by atoms with E-state index in [-0.39, 0.29) is 23.0 Å². The van der Waals surface area contributed by atoms with Gasteiger partial charge in [0.25, 0.3) is 11.8 Å². The number of aryl methyl sites for hydroxylation is 1. The van der Waals surface area contributed by atoms with Crippen LogP contribution in [0.3, 0.4) is 0 Å². The Balaban J connectivity index is 0.00000361. The quantitative estimate of drug-likeness (QED) is 0.784. The molecule has 0 spiro atoms. The van der Waals surface area contributed by atoms with Crippen LogP contribution in [0.25, 0.3) is 0 Å². The molecule has 1 rings (SSSR count). The van der Waals surface area contributed by atoms with Gasteiger partial charge in [-0.05, 0) is 13.0 Å². The molecule has 1 aromatic heterocycles. The van der Waals surface area contributed by atoms with Crippen LogP contribution >= 0.6 is 23.7 Å².